The molecule has 1 atom stereocenters. The van der Waals surface area contributed by atoms with Crippen molar-refractivity contribution in [3.05, 3.63) is 29.4 Å². The van der Waals surface area contributed by atoms with Crippen LogP contribution in [0.1, 0.15) is 25.6 Å². The van der Waals surface area contributed by atoms with Crippen LogP contribution in [-0.4, -0.2) is 16.7 Å². The van der Waals surface area contributed by atoms with Gasteiger partial charge in [-0.1, -0.05) is 0 Å². The summed E-state index contributed by atoms with van der Waals surface area (Å²) in [4.78, 5) is 7.22. The number of aliphatic hydroxyl groups excluding tert-OH is 1. The summed E-state index contributed by atoms with van der Waals surface area (Å²) in [6.45, 7) is 10.8. The molecule has 0 saturated heterocycles. The Kier molecular flexibility index (Phi) is 3.43. The molecular weight excluding hydrogens is 180 g/mol. The van der Waals surface area contributed by atoms with E-state index in [0.717, 1.165) is 0 Å². The van der Waals surface area contributed by atoms with Gasteiger partial charge in [0.1, 0.15) is 5.75 Å². The van der Waals surface area contributed by atoms with Gasteiger partial charge in [-0.05, 0) is 19.9 Å². The maximum Gasteiger partial charge on any atom is 0.245 e. The molecule has 1 N–H and O–H groups in total. The molecule has 0 amide bonds. The molecule has 0 fully saturated rings. The normalized spacial score (nSPS) is 11.9. The van der Waals surface area contributed by atoms with Gasteiger partial charge < -0.3 is 9.84 Å². The number of hydrogen-bond donors (Lipinski definition) is 1. The molecule has 1 heterocycles. The van der Waals surface area contributed by atoms with Crippen LogP contribution in [0.25, 0.3) is 4.85 Å². The Morgan fingerprint density at radius 3 is 2.93 bits per heavy atom. The maximum absolute atomic E-state index is 9.28. The fourth-order valence-electron chi connectivity index (χ4n) is 1.03. The molecule has 4 heteroatoms. The van der Waals surface area contributed by atoms with Gasteiger partial charge in [0.25, 0.3) is 0 Å². The maximum atomic E-state index is 9.28. The van der Waals surface area contributed by atoms with Crippen molar-refractivity contribution in [2.24, 2.45) is 0 Å². The first-order valence-corrected chi connectivity index (χ1v) is 4.37. The molecule has 1 aromatic heterocycles. The predicted molar refractivity (Wildman–Crippen MR) is 52.3 cm³/mol. The van der Waals surface area contributed by atoms with Crippen molar-refractivity contribution in [3.63, 3.8) is 0 Å². The van der Waals surface area contributed by atoms with Crippen LogP contribution in [0.3, 0.4) is 0 Å². The molecule has 1 aromatic rings. The highest BCUT2D eigenvalue weighted by Crippen LogP contribution is 2.28. The van der Waals surface area contributed by atoms with Gasteiger partial charge >= 0.3 is 0 Å². The summed E-state index contributed by atoms with van der Waals surface area (Å²) in [5.41, 5.74) is 0.886. The number of nitrogens with zero attached hydrogens (tertiary/aromatic N) is 2. The highest BCUT2D eigenvalue weighted by molar-refractivity contribution is 5.56. The third-order valence-corrected chi connectivity index (χ3v) is 1.72. The van der Waals surface area contributed by atoms with Gasteiger partial charge in [0.05, 0.1) is 25.0 Å². The number of ether oxygens (including phenoxy) is 1. The van der Waals surface area contributed by atoms with Crippen molar-refractivity contribution in [1.29, 1.82) is 0 Å². The second kappa shape index (κ2) is 4.58. The van der Waals surface area contributed by atoms with E-state index < -0.39 is 6.10 Å². The van der Waals surface area contributed by atoms with E-state index in [0.29, 0.717) is 23.7 Å². The number of rotatable bonds is 3. The first-order chi connectivity index (χ1) is 6.69. The molecule has 74 valence electrons. The zero-order valence-electron chi connectivity index (χ0n) is 8.19. The van der Waals surface area contributed by atoms with Crippen molar-refractivity contribution in [2.45, 2.75) is 20.0 Å². The first-order valence-electron chi connectivity index (χ1n) is 4.37. The second-order valence-electron chi connectivity index (χ2n) is 2.80. The third kappa shape index (κ3) is 2.21. The molecule has 0 aliphatic rings. The fraction of sp³-hybridized carbons (Fsp3) is 0.400. The summed E-state index contributed by atoms with van der Waals surface area (Å²) in [5, 5.41) is 9.28. The van der Waals surface area contributed by atoms with Gasteiger partial charge in [0.15, 0.2) is 0 Å². The largest absolute Gasteiger partial charge is 0.505 e. The van der Waals surface area contributed by atoms with Gasteiger partial charge in [-0.15, -0.1) is 0 Å². The number of hydrogen-bond acceptors (Lipinski definition) is 3. The van der Waals surface area contributed by atoms with Crippen molar-refractivity contribution in [2.75, 3.05) is 6.61 Å². The van der Waals surface area contributed by atoms with E-state index in [1.54, 1.807) is 13.0 Å². The zero-order valence-corrected chi connectivity index (χ0v) is 8.19. The lowest BCUT2D eigenvalue weighted by atomic mass is 10.2. The van der Waals surface area contributed by atoms with Crippen LogP contribution in [0.4, 0.5) is 5.69 Å². The minimum atomic E-state index is -0.644. The quantitative estimate of drug-likeness (QED) is 0.746. The van der Waals surface area contributed by atoms with Crippen molar-refractivity contribution < 1.29 is 9.84 Å². The van der Waals surface area contributed by atoms with E-state index in [1.807, 2.05) is 6.92 Å². The minimum absolute atomic E-state index is 0.372. The van der Waals surface area contributed by atoms with Crippen LogP contribution >= 0.6 is 0 Å². The molecule has 0 aliphatic carbocycles. The summed E-state index contributed by atoms with van der Waals surface area (Å²) in [5.74, 6) is 0.480. The summed E-state index contributed by atoms with van der Waals surface area (Å²) in [6.07, 6.45) is 0.772. The smallest absolute Gasteiger partial charge is 0.245 e. The first kappa shape index (κ1) is 10.5. The molecular formula is C10H12N2O2. The van der Waals surface area contributed by atoms with Crippen LogP contribution in [0.15, 0.2) is 12.3 Å². The molecule has 1 unspecified atom stereocenters. The predicted octanol–water partition coefficient (Wildman–Crippen LogP) is 2.08. The highest BCUT2D eigenvalue weighted by atomic mass is 16.5. The summed E-state index contributed by atoms with van der Waals surface area (Å²) >= 11 is 0. The third-order valence-electron chi connectivity index (χ3n) is 1.72. The second-order valence-corrected chi connectivity index (χ2v) is 2.80. The molecule has 0 saturated carbocycles. The lowest BCUT2D eigenvalue weighted by molar-refractivity contribution is 0.193. The van der Waals surface area contributed by atoms with Gasteiger partial charge in [-0.25, -0.2) is 4.85 Å². The molecule has 1 rings (SSSR count). The Labute approximate surface area is 83.0 Å². The summed E-state index contributed by atoms with van der Waals surface area (Å²) in [6, 6.07) is 1.60. The Bertz CT molecular complexity index is 356. The van der Waals surface area contributed by atoms with E-state index >= 15 is 0 Å². The fourth-order valence-corrected chi connectivity index (χ4v) is 1.03. The number of pyridine rings is 1. The van der Waals surface area contributed by atoms with Gasteiger partial charge in [0.2, 0.25) is 5.69 Å². The van der Waals surface area contributed by atoms with Crippen molar-refractivity contribution >= 4 is 5.69 Å². The average molecular weight is 192 g/mol. The van der Waals surface area contributed by atoms with Gasteiger partial charge in [-0.2, -0.15) is 0 Å². The minimum Gasteiger partial charge on any atom is -0.505 e. The van der Waals surface area contributed by atoms with Crippen LogP contribution < -0.4 is 4.74 Å². The van der Waals surface area contributed by atoms with E-state index in [1.165, 1.54) is 6.20 Å². The zero-order chi connectivity index (χ0) is 10.6. The van der Waals surface area contributed by atoms with Crippen LogP contribution in [0.2, 0.25) is 0 Å². The van der Waals surface area contributed by atoms with Crippen molar-refractivity contribution in [3.8, 4) is 5.75 Å². The lowest BCUT2D eigenvalue weighted by Gasteiger charge is -2.08. The lowest BCUT2D eigenvalue weighted by Crippen LogP contribution is -1.98. The summed E-state index contributed by atoms with van der Waals surface area (Å²) in [7, 11) is 0. The number of aromatic nitrogens is 1. The Balaban J connectivity index is 3.09. The molecule has 0 aliphatic heterocycles. The molecule has 0 radical (unpaired) electrons. The van der Waals surface area contributed by atoms with E-state index in [9.17, 15) is 5.11 Å². The topological polar surface area (TPSA) is 46.7 Å². The van der Waals surface area contributed by atoms with Crippen LogP contribution in [-0.2, 0) is 0 Å². The van der Waals surface area contributed by atoms with E-state index in [2.05, 4.69) is 9.83 Å². The van der Waals surface area contributed by atoms with Crippen LogP contribution in [0.5, 0.6) is 5.75 Å². The molecule has 4 nitrogen and oxygen atoms in total. The molecule has 0 bridgehead atoms. The van der Waals surface area contributed by atoms with Crippen LogP contribution in [0, 0.1) is 6.57 Å². The molecule has 14 heavy (non-hydrogen) atoms. The Hall–Kier alpha value is -1.60. The standard InChI is InChI=1S/C10H12N2O2/c1-4-14-10-5-8(7(2)13)12-6-9(10)11-3/h5-7,13H,4H2,1-2H3. The SMILES string of the molecule is [C-]#[N+]c1cnc(C(C)O)cc1OCC. The molecule has 0 spiro atoms. The molecule has 0 aromatic carbocycles. The average Bonchev–Trinajstić information content (AvgIpc) is 2.18. The van der Waals surface area contributed by atoms with Crippen molar-refractivity contribution in [1.82, 2.24) is 4.98 Å². The summed E-state index contributed by atoms with van der Waals surface area (Å²) < 4.78 is 5.25. The monoisotopic (exact) mass is 192 g/mol. The highest BCUT2D eigenvalue weighted by Gasteiger charge is 2.08. The van der Waals surface area contributed by atoms with Gasteiger partial charge in [0, 0.05) is 6.20 Å². The van der Waals surface area contributed by atoms with E-state index in [-0.39, 0.29) is 0 Å². The van der Waals surface area contributed by atoms with Gasteiger partial charge in [-0.3, -0.25) is 4.98 Å². The number of aliphatic hydroxyl groups is 1. The Morgan fingerprint density at radius 2 is 2.43 bits per heavy atom. The Morgan fingerprint density at radius 1 is 1.71 bits per heavy atom. The van der Waals surface area contributed by atoms with E-state index in [4.69, 9.17) is 11.3 Å².